The molecule has 0 aromatic heterocycles. The van der Waals surface area contributed by atoms with Gasteiger partial charge in [0.05, 0.1) is 6.54 Å². The minimum Gasteiger partial charge on any atom is -0.357 e. The fraction of sp³-hybridized carbons (Fsp3) is 0.364. The van der Waals surface area contributed by atoms with Crippen molar-refractivity contribution in [2.75, 3.05) is 26.4 Å². The molecule has 2 rings (SSSR count). The van der Waals surface area contributed by atoms with E-state index in [0.717, 1.165) is 41.4 Å². The normalized spacial score (nSPS) is 11.2. The van der Waals surface area contributed by atoms with Crippen LogP contribution in [0.5, 0.6) is 0 Å². The van der Waals surface area contributed by atoms with E-state index in [4.69, 9.17) is 0 Å². The van der Waals surface area contributed by atoms with E-state index >= 15 is 0 Å². The summed E-state index contributed by atoms with van der Waals surface area (Å²) in [7, 11) is 1.63. The smallest absolute Gasteiger partial charge is 0.251 e. The van der Waals surface area contributed by atoms with Gasteiger partial charge in [-0.3, -0.25) is 4.79 Å². The van der Waals surface area contributed by atoms with Gasteiger partial charge in [0.15, 0.2) is 5.96 Å². The minimum absolute atomic E-state index is 0.0879. The molecule has 5 nitrogen and oxygen atoms in total. The van der Waals surface area contributed by atoms with E-state index < -0.39 is 0 Å². The third-order valence-electron chi connectivity index (χ3n) is 4.34. The molecule has 29 heavy (non-hydrogen) atoms. The Bertz CT molecular complexity index is 841. The molecule has 0 fully saturated rings. The van der Waals surface area contributed by atoms with Crippen molar-refractivity contribution in [2.24, 2.45) is 4.99 Å². The van der Waals surface area contributed by atoms with Crippen LogP contribution in [0.2, 0.25) is 0 Å². The first kappa shape index (κ1) is 22.7. The average molecular weight is 417 g/mol. The van der Waals surface area contributed by atoms with Crippen LogP contribution in [0.4, 0.5) is 4.39 Å². The molecular formula is C22H29FN4OS. The van der Waals surface area contributed by atoms with Crippen molar-refractivity contribution in [2.45, 2.75) is 25.6 Å². The van der Waals surface area contributed by atoms with Crippen LogP contribution < -0.4 is 16.0 Å². The maximum absolute atomic E-state index is 13.5. The maximum Gasteiger partial charge on any atom is 0.251 e. The number of guanidine groups is 1. The molecule has 2 aromatic carbocycles. The zero-order valence-electron chi connectivity index (χ0n) is 17.2. The van der Waals surface area contributed by atoms with Gasteiger partial charge in [0.2, 0.25) is 0 Å². The van der Waals surface area contributed by atoms with Crippen LogP contribution in [0.25, 0.3) is 0 Å². The van der Waals surface area contributed by atoms with E-state index in [2.05, 4.69) is 20.9 Å². The van der Waals surface area contributed by atoms with Crippen molar-refractivity contribution >= 4 is 23.6 Å². The predicted octanol–water partition coefficient (Wildman–Crippen LogP) is 3.35. The van der Waals surface area contributed by atoms with Gasteiger partial charge in [0, 0.05) is 31.5 Å². The number of hydrogen-bond acceptors (Lipinski definition) is 3. The summed E-state index contributed by atoms with van der Waals surface area (Å²) in [5.41, 5.74) is 3.73. The van der Waals surface area contributed by atoms with Crippen LogP contribution in [0.3, 0.4) is 0 Å². The number of benzene rings is 2. The zero-order valence-corrected chi connectivity index (χ0v) is 18.0. The van der Waals surface area contributed by atoms with Crippen LogP contribution in [-0.2, 0) is 18.7 Å². The summed E-state index contributed by atoms with van der Waals surface area (Å²) in [6.07, 6.45) is 2.77. The molecule has 1 amide bonds. The molecule has 0 atom stereocenters. The number of carbonyl (C=O) groups is 1. The summed E-state index contributed by atoms with van der Waals surface area (Å²) in [6, 6.07) is 12.5. The van der Waals surface area contributed by atoms with Crippen molar-refractivity contribution in [1.82, 2.24) is 16.0 Å². The van der Waals surface area contributed by atoms with E-state index in [1.807, 2.05) is 31.4 Å². The fourth-order valence-corrected chi connectivity index (χ4v) is 3.46. The molecule has 0 unspecified atom stereocenters. The fourth-order valence-electron chi connectivity index (χ4n) is 2.88. The maximum atomic E-state index is 13.5. The van der Waals surface area contributed by atoms with Gasteiger partial charge in [-0.2, -0.15) is 11.8 Å². The number of hydrogen-bond donors (Lipinski definition) is 3. The summed E-state index contributed by atoms with van der Waals surface area (Å²) in [4.78, 5) is 16.4. The summed E-state index contributed by atoms with van der Waals surface area (Å²) >= 11 is 1.66. The van der Waals surface area contributed by atoms with Gasteiger partial charge in [-0.15, -0.1) is 0 Å². The molecule has 156 valence electrons. The molecule has 0 heterocycles. The number of carbonyl (C=O) groups excluding carboxylic acids is 1. The van der Waals surface area contributed by atoms with Gasteiger partial charge in [0.1, 0.15) is 5.82 Å². The lowest BCUT2D eigenvalue weighted by molar-refractivity contribution is 0.0963. The average Bonchev–Trinajstić information content (AvgIpc) is 2.73. The number of nitrogens with zero attached hydrogens (tertiary/aromatic N) is 1. The molecule has 7 heteroatoms. The quantitative estimate of drug-likeness (QED) is 0.433. The second-order valence-corrected chi connectivity index (χ2v) is 7.36. The van der Waals surface area contributed by atoms with E-state index in [1.165, 1.54) is 6.07 Å². The van der Waals surface area contributed by atoms with Gasteiger partial charge < -0.3 is 16.0 Å². The second-order valence-electron chi connectivity index (χ2n) is 6.50. The Kier molecular flexibility index (Phi) is 9.50. The van der Waals surface area contributed by atoms with E-state index in [1.54, 1.807) is 37.0 Å². The van der Waals surface area contributed by atoms with E-state index in [0.29, 0.717) is 18.7 Å². The second kappa shape index (κ2) is 12.1. The molecule has 0 radical (unpaired) electrons. The highest BCUT2D eigenvalue weighted by molar-refractivity contribution is 7.97. The van der Waals surface area contributed by atoms with Gasteiger partial charge in [-0.1, -0.05) is 18.2 Å². The molecule has 0 spiro atoms. The number of halogens is 1. The van der Waals surface area contributed by atoms with Crippen molar-refractivity contribution in [1.29, 1.82) is 0 Å². The Morgan fingerprint density at radius 1 is 1.14 bits per heavy atom. The predicted molar refractivity (Wildman–Crippen MR) is 120 cm³/mol. The molecule has 2 aromatic rings. The summed E-state index contributed by atoms with van der Waals surface area (Å²) in [6.45, 7) is 3.93. The minimum atomic E-state index is -0.217. The van der Waals surface area contributed by atoms with Crippen molar-refractivity contribution < 1.29 is 9.18 Å². The third kappa shape index (κ3) is 7.42. The number of amides is 1. The highest BCUT2D eigenvalue weighted by Crippen LogP contribution is 2.17. The van der Waals surface area contributed by atoms with Crippen LogP contribution >= 0.6 is 11.8 Å². The Morgan fingerprint density at radius 2 is 1.97 bits per heavy atom. The first-order valence-corrected chi connectivity index (χ1v) is 11.1. The Labute approximate surface area is 176 Å². The number of nitrogens with one attached hydrogen (secondary N) is 3. The Balaban J connectivity index is 1.99. The lowest BCUT2D eigenvalue weighted by Gasteiger charge is -2.13. The standard InChI is InChI=1S/C22H29FN4OS/c1-4-25-22(27-14-18-8-9-20(23)13-19(18)15-29-3)26-11-10-16-6-5-7-17(12-16)21(28)24-2/h5-9,12-13H,4,10-11,14-15H2,1-3H3,(H,24,28)(H2,25,26,27). The molecule has 0 saturated heterocycles. The molecule has 0 bridgehead atoms. The summed E-state index contributed by atoms with van der Waals surface area (Å²) < 4.78 is 13.5. The van der Waals surface area contributed by atoms with Crippen LogP contribution in [0, 0.1) is 5.82 Å². The van der Waals surface area contributed by atoms with Gasteiger partial charge in [0.25, 0.3) is 5.91 Å². The zero-order chi connectivity index (χ0) is 21.1. The lowest BCUT2D eigenvalue weighted by Crippen LogP contribution is -2.38. The molecule has 0 saturated carbocycles. The van der Waals surface area contributed by atoms with Crippen LogP contribution in [0.15, 0.2) is 47.5 Å². The summed E-state index contributed by atoms with van der Waals surface area (Å²) in [5, 5.41) is 9.20. The Morgan fingerprint density at radius 3 is 2.69 bits per heavy atom. The van der Waals surface area contributed by atoms with Gasteiger partial charge in [-0.05, 0) is 60.6 Å². The first-order chi connectivity index (χ1) is 14.1. The van der Waals surface area contributed by atoms with Crippen molar-refractivity contribution in [3.05, 3.63) is 70.5 Å². The highest BCUT2D eigenvalue weighted by Gasteiger charge is 2.06. The number of thioether (sulfide) groups is 1. The molecular weight excluding hydrogens is 387 g/mol. The largest absolute Gasteiger partial charge is 0.357 e. The Hall–Kier alpha value is -2.54. The monoisotopic (exact) mass is 416 g/mol. The highest BCUT2D eigenvalue weighted by atomic mass is 32.2. The molecule has 3 N–H and O–H groups in total. The van der Waals surface area contributed by atoms with Crippen molar-refractivity contribution in [3.63, 3.8) is 0 Å². The van der Waals surface area contributed by atoms with Crippen molar-refractivity contribution in [3.8, 4) is 0 Å². The number of rotatable bonds is 9. The third-order valence-corrected chi connectivity index (χ3v) is 4.94. The molecule has 0 aliphatic rings. The van der Waals surface area contributed by atoms with E-state index in [-0.39, 0.29) is 11.7 Å². The van der Waals surface area contributed by atoms with Gasteiger partial charge >= 0.3 is 0 Å². The van der Waals surface area contributed by atoms with Crippen LogP contribution in [-0.4, -0.2) is 38.3 Å². The lowest BCUT2D eigenvalue weighted by atomic mass is 10.1. The number of aliphatic imine (C=N–C) groups is 1. The SMILES string of the molecule is CCNC(=NCc1ccc(F)cc1CSC)NCCc1cccc(C(=O)NC)c1. The molecule has 0 aliphatic heterocycles. The topological polar surface area (TPSA) is 65.5 Å². The molecule has 0 aliphatic carbocycles. The first-order valence-electron chi connectivity index (χ1n) is 9.66. The van der Waals surface area contributed by atoms with E-state index in [9.17, 15) is 9.18 Å². The van der Waals surface area contributed by atoms with Gasteiger partial charge in [-0.25, -0.2) is 9.38 Å². The summed E-state index contributed by atoms with van der Waals surface area (Å²) in [5.74, 6) is 1.17. The van der Waals surface area contributed by atoms with Crippen LogP contribution in [0.1, 0.15) is 34.0 Å².